The zero-order valence-electron chi connectivity index (χ0n) is 10.4. The Balaban J connectivity index is 2.16. The number of hydrogen-bond donors (Lipinski definition) is 0. The quantitative estimate of drug-likeness (QED) is 0.758. The van der Waals surface area contributed by atoms with Gasteiger partial charge in [-0.1, -0.05) is 19.1 Å². The molecule has 1 aromatic carbocycles. The number of anilines is 1. The van der Waals surface area contributed by atoms with Crippen molar-refractivity contribution >= 4 is 5.69 Å². The monoisotopic (exact) mass is 219 g/mol. The van der Waals surface area contributed by atoms with Crippen molar-refractivity contribution in [2.75, 3.05) is 18.0 Å². The molecule has 2 atom stereocenters. The molecule has 2 nitrogen and oxygen atoms in total. The van der Waals surface area contributed by atoms with Crippen molar-refractivity contribution in [2.24, 2.45) is 0 Å². The molecule has 1 heterocycles. The lowest BCUT2D eigenvalue weighted by molar-refractivity contribution is -0.00522. The fourth-order valence-corrected chi connectivity index (χ4v) is 2.36. The first kappa shape index (κ1) is 11.5. The number of aryl methyl sites for hydroxylation is 1. The molecule has 2 rings (SSSR count). The first-order valence-electron chi connectivity index (χ1n) is 6.18. The van der Waals surface area contributed by atoms with E-state index in [0.29, 0.717) is 12.2 Å². The molecule has 0 spiro atoms. The van der Waals surface area contributed by atoms with Crippen LogP contribution in [0.3, 0.4) is 0 Å². The minimum absolute atomic E-state index is 0.328. The van der Waals surface area contributed by atoms with Gasteiger partial charge < -0.3 is 9.64 Å². The van der Waals surface area contributed by atoms with E-state index in [1.807, 2.05) is 0 Å². The van der Waals surface area contributed by atoms with Crippen molar-refractivity contribution in [1.29, 1.82) is 0 Å². The Labute approximate surface area is 98.2 Å². The average molecular weight is 219 g/mol. The molecular weight excluding hydrogens is 198 g/mol. The van der Waals surface area contributed by atoms with Gasteiger partial charge in [0.05, 0.1) is 12.2 Å². The summed E-state index contributed by atoms with van der Waals surface area (Å²) in [6.07, 6.45) is 1.76. The van der Waals surface area contributed by atoms with Gasteiger partial charge in [0.1, 0.15) is 0 Å². The zero-order valence-corrected chi connectivity index (χ0v) is 10.4. The van der Waals surface area contributed by atoms with E-state index in [1.165, 1.54) is 11.3 Å². The normalized spacial score (nSPS) is 25.8. The zero-order chi connectivity index (χ0) is 11.5. The number of morpholine rings is 1. The molecule has 1 aromatic rings. The summed E-state index contributed by atoms with van der Waals surface area (Å²) in [6, 6.07) is 8.84. The van der Waals surface area contributed by atoms with Crippen molar-refractivity contribution in [3.63, 3.8) is 0 Å². The van der Waals surface area contributed by atoms with Gasteiger partial charge in [-0.05, 0) is 38.0 Å². The maximum Gasteiger partial charge on any atom is 0.0726 e. The van der Waals surface area contributed by atoms with Crippen molar-refractivity contribution in [2.45, 2.75) is 39.4 Å². The van der Waals surface area contributed by atoms with E-state index in [4.69, 9.17) is 4.74 Å². The minimum Gasteiger partial charge on any atom is -0.372 e. The van der Waals surface area contributed by atoms with E-state index in [1.54, 1.807) is 0 Å². The van der Waals surface area contributed by atoms with Gasteiger partial charge in [0.15, 0.2) is 0 Å². The minimum atomic E-state index is 0.328. The van der Waals surface area contributed by atoms with E-state index in [0.717, 1.165) is 19.5 Å². The van der Waals surface area contributed by atoms with Crippen LogP contribution >= 0.6 is 0 Å². The predicted molar refractivity (Wildman–Crippen MR) is 68.0 cm³/mol. The topological polar surface area (TPSA) is 12.5 Å². The molecule has 1 saturated heterocycles. The molecule has 0 saturated carbocycles. The Hall–Kier alpha value is -1.02. The van der Waals surface area contributed by atoms with Crippen molar-refractivity contribution in [3.8, 4) is 0 Å². The Morgan fingerprint density at radius 3 is 2.56 bits per heavy atom. The van der Waals surface area contributed by atoms with Crippen molar-refractivity contribution in [3.05, 3.63) is 29.8 Å². The highest BCUT2D eigenvalue weighted by Crippen LogP contribution is 2.21. The molecule has 0 radical (unpaired) electrons. The van der Waals surface area contributed by atoms with Crippen molar-refractivity contribution < 1.29 is 4.74 Å². The molecule has 0 amide bonds. The van der Waals surface area contributed by atoms with Gasteiger partial charge in [0.25, 0.3) is 0 Å². The highest BCUT2D eigenvalue weighted by Gasteiger charge is 2.22. The summed E-state index contributed by atoms with van der Waals surface area (Å²) < 4.78 is 5.75. The number of ether oxygens (including phenoxy) is 1. The highest BCUT2D eigenvalue weighted by molar-refractivity contribution is 5.49. The molecule has 88 valence electrons. The summed E-state index contributed by atoms with van der Waals surface area (Å²) in [4.78, 5) is 2.43. The lowest BCUT2D eigenvalue weighted by atomic mass is 10.1. The number of hydrogen-bond acceptors (Lipinski definition) is 2. The van der Waals surface area contributed by atoms with Crippen LogP contribution in [0.15, 0.2) is 24.3 Å². The lowest BCUT2D eigenvalue weighted by Gasteiger charge is -2.37. The molecule has 0 N–H and O–H groups in total. The highest BCUT2D eigenvalue weighted by atomic mass is 16.5. The van der Waals surface area contributed by atoms with E-state index in [2.05, 4.69) is 49.9 Å². The Bertz CT molecular complexity index is 340. The smallest absolute Gasteiger partial charge is 0.0726 e. The molecule has 16 heavy (non-hydrogen) atoms. The number of nitrogens with zero attached hydrogens (tertiary/aromatic N) is 1. The Morgan fingerprint density at radius 2 is 1.94 bits per heavy atom. The van der Waals surface area contributed by atoms with Gasteiger partial charge in [-0.15, -0.1) is 0 Å². The molecule has 0 aliphatic carbocycles. The molecule has 1 fully saturated rings. The van der Waals surface area contributed by atoms with Gasteiger partial charge in [-0.3, -0.25) is 0 Å². The molecule has 0 bridgehead atoms. The summed E-state index contributed by atoms with van der Waals surface area (Å²) in [6.45, 7) is 8.48. The molecule has 1 aliphatic rings. The first-order valence-corrected chi connectivity index (χ1v) is 6.18. The van der Waals surface area contributed by atoms with E-state index >= 15 is 0 Å². The Morgan fingerprint density at radius 1 is 1.25 bits per heavy atom. The maximum atomic E-state index is 5.75. The van der Waals surface area contributed by atoms with Crippen LogP contribution in [0.5, 0.6) is 0 Å². The summed E-state index contributed by atoms with van der Waals surface area (Å²) in [7, 11) is 0. The maximum absolute atomic E-state index is 5.75. The first-order chi connectivity index (χ1) is 7.69. The van der Waals surface area contributed by atoms with E-state index < -0.39 is 0 Å². The van der Waals surface area contributed by atoms with Crippen LogP contribution in [0, 0.1) is 0 Å². The Kier molecular flexibility index (Phi) is 3.49. The van der Waals surface area contributed by atoms with E-state index in [9.17, 15) is 0 Å². The predicted octanol–water partition coefficient (Wildman–Crippen LogP) is 2.86. The van der Waals surface area contributed by atoms with Crippen LogP contribution in [-0.4, -0.2) is 25.3 Å². The van der Waals surface area contributed by atoms with E-state index in [-0.39, 0.29) is 0 Å². The van der Waals surface area contributed by atoms with Crippen LogP contribution < -0.4 is 4.90 Å². The summed E-state index contributed by atoms with van der Waals surface area (Å²) >= 11 is 0. The summed E-state index contributed by atoms with van der Waals surface area (Å²) in [5.74, 6) is 0. The van der Waals surface area contributed by atoms with Gasteiger partial charge >= 0.3 is 0 Å². The molecule has 0 aromatic heterocycles. The molecular formula is C14H21NO. The van der Waals surface area contributed by atoms with Gasteiger partial charge in [-0.2, -0.15) is 0 Å². The van der Waals surface area contributed by atoms with Crippen LogP contribution in [0.25, 0.3) is 0 Å². The molecule has 1 aliphatic heterocycles. The average Bonchev–Trinajstić information content (AvgIpc) is 2.28. The fraction of sp³-hybridized carbons (Fsp3) is 0.571. The standard InChI is InChI=1S/C14H21NO/c1-4-13-6-5-7-14(8-13)15-9-11(2)16-12(3)10-15/h5-8,11-12H,4,9-10H2,1-3H3/t11-,12+. The van der Waals surface area contributed by atoms with Gasteiger partial charge in [0.2, 0.25) is 0 Å². The fourth-order valence-electron chi connectivity index (χ4n) is 2.36. The van der Waals surface area contributed by atoms with Crippen LogP contribution in [0.1, 0.15) is 26.3 Å². The largest absolute Gasteiger partial charge is 0.372 e. The van der Waals surface area contributed by atoms with Gasteiger partial charge in [-0.25, -0.2) is 0 Å². The SMILES string of the molecule is CCc1cccc(N2C[C@@H](C)O[C@@H](C)C2)c1. The molecule has 2 heteroatoms. The van der Waals surface area contributed by atoms with Crippen molar-refractivity contribution in [1.82, 2.24) is 0 Å². The second-order valence-electron chi connectivity index (χ2n) is 4.69. The lowest BCUT2D eigenvalue weighted by Crippen LogP contribution is -2.45. The van der Waals surface area contributed by atoms with Crippen LogP contribution in [0.4, 0.5) is 5.69 Å². The third-order valence-corrected chi connectivity index (χ3v) is 3.10. The summed E-state index contributed by atoms with van der Waals surface area (Å²) in [5.41, 5.74) is 2.74. The second-order valence-corrected chi connectivity index (χ2v) is 4.69. The second kappa shape index (κ2) is 4.88. The summed E-state index contributed by atoms with van der Waals surface area (Å²) in [5, 5.41) is 0. The third kappa shape index (κ3) is 2.56. The van der Waals surface area contributed by atoms with Crippen LogP contribution in [0.2, 0.25) is 0 Å². The van der Waals surface area contributed by atoms with Gasteiger partial charge in [0, 0.05) is 18.8 Å². The number of rotatable bonds is 2. The number of benzene rings is 1. The third-order valence-electron chi connectivity index (χ3n) is 3.10. The van der Waals surface area contributed by atoms with Crippen LogP contribution in [-0.2, 0) is 11.2 Å². The molecule has 0 unspecified atom stereocenters.